The number of hydrogen-bond donors (Lipinski definition) is 1. The average Bonchev–Trinajstić information content (AvgIpc) is 2.48. The minimum Gasteiger partial charge on any atom is -0.378 e. The molecule has 1 unspecified atom stereocenters. The third kappa shape index (κ3) is 3.28. The zero-order valence-corrected chi connectivity index (χ0v) is 12.1. The molecule has 21 heavy (non-hydrogen) atoms. The quantitative estimate of drug-likeness (QED) is 0.675. The average molecular weight is 282 g/mol. The van der Waals surface area contributed by atoms with Crippen LogP contribution in [0, 0.1) is 0 Å². The first kappa shape index (κ1) is 14.8. The van der Waals surface area contributed by atoms with Crippen molar-refractivity contribution in [2.45, 2.75) is 5.92 Å². The smallest absolute Gasteiger partial charge is 0.232 e. The second kappa shape index (κ2) is 6.22. The van der Waals surface area contributed by atoms with Gasteiger partial charge in [0.1, 0.15) is 5.92 Å². The summed E-state index contributed by atoms with van der Waals surface area (Å²) in [6.45, 7) is 0. The van der Waals surface area contributed by atoms with Gasteiger partial charge in [0, 0.05) is 25.3 Å². The Morgan fingerprint density at radius 3 is 2.24 bits per heavy atom. The van der Waals surface area contributed by atoms with Crippen molar-refractivity contribution in [2.24, 2.45) is 5.73 Å². The van der Waals surface area contributed by atoms with Crippen LogP contribution in [0.3, 0.4) is 0 Å². The largest absolute Gasteiger partial charge is 0.378 e. The van der Waals surface area contributed by atoms with Crippen LogP contribution in [-0.2, 0) is 4.79 Å². The topological polar surface area (TPSA) is 63.4 Å². The van der Waals surface area contributed by atoms with Gasteiger partial charge in [-0.25, -0.2) is 0 Å². The highest BCUT2D eigenvalue weighted by molar-refractivity contribution is 6.14. The summed E-state index contributed by atoms with van der Waals surface area (Å²) in [7, 11) is 3.80. The van der Waals surface area contributed by atoms with Crippen molar-refractivity contribution in [3.8, 4) is 0 Å². The molecular formula is C17H18N2O2. The first-order valence-electron chi connectivity index (χ1n) is 6.66. The summed E-state index contributed by atoms with van der Waals surface area (Å²) in [5.41, 5.74) is 7.47. The Hall–Kier alpha value is -2.62. The minimum atomic E-state index is -0.965. The van der Waals surface area contributed by atoms with Crippen molar-refractivity contribution >= 4 is 17.4 Å². The molecule has 0 spiro atoms. The minimum absolute atomic E-state index is 0.279. The highest BCUT2D eigenvalue weighted by Gasteiger charge is 2.27. The number of carbonyl (C=O) groups is 2. The molecule has 0 saturated carbocycles. The van der Waals surface area contributed by atoms with E-state index < -0.39 is 11.8 Å². The van der Waals surface area contributed by atoms with Crippen molar-refractivity contribution in [3.05, 3.63) is 65.7 Å². The van der Waals surface area contributed by atoms with Gasteiger partial charge in [-0.1, -0.05) is 42.5 Å². The van der Waals surface area contributed by atoms with Gasteiger partial charge in [0.05, 0.1) is 0 Å². The van der Waals surface area contributed by atoms with E-state index in [4.69, 9.17) is 5.73 Å². The molecule has 0 heterocycles. The van der Waals surface area contributed by atoms with Crippen LogP contribution in [0.15, 0.2) is 54.6 Å². The summed E-state index contributed by atoms with van der Waals surface area (Å²) in [4.78, 5) is 26.2. The molecule has 0 aliphatic carbocycles. The molecule has 0 saturated heterocycles. The van der Waals surface area contributed by atoms with Gasteiger partial charge in [-0.05, 0) is 17.7 Å². The van der Waals surface area contributed by atoms with E-state index in [0.29, 0.717) is 11.1 Å². The molecule has 4 nitrogen and oxygen atoms in total. The van der Waals surface area contributed by atoms with Gasteiger partial charge in [-0.3, -0.25) is 9.59 Å². The fourth-order valence-corrected chi connectivity index (χ4v) is 2.20. The van der Waals surface area contributed by atoms with Crippen LogP contribution < -0.4 is 10.6 Å². The normalized spacial score (nSPS) is 11.7. The van der Waals surface area contributed by atoms with Crippen molar-refractivity contribution in [1.82, 2.24) is 0 Å². The zero-order valence-electron chi connectivity index (χ0n) is 12.1. The summed E-state index contributed by atoms with van der Waals surface area (Å²) >= 11 is 0. The lowest BCUT2D eigenvalue weighted by atomic mass is 9.90. The van der Waals surface area contributed by atoms with E-state index in [-0.39, 0.29) is 5.78 Å². The van der Waals surface area contributed by atoms with Gasteiger partial charge in [-0.2, -0.15) is 0 Å². The number of benzene rings is 2. The third-order valence-corrected chi connectivity index (χ3v) is 3.32. The summed E-state index contributed by atoms with van der Waals surface area (Å²) < 4.78 is 0. The Kier molecular flexibility index (Phi) is 4.38. The highest BCUT2D eigenvalue weighted by Crippen LogP contribution is 2.24. The second-order valence-corrected chi connectivity index (χ2v) is 5.06. The van der Waals surface area contributed by atoms with E-state index in [1.54, 1.807) is 30.3 Å². The molecule has 0 radical (unpaired) electrons. The highest BCUT2D eigenvalue weighted by atomic mass is 16.2. The van der Waals surface area contributed by atoms with Crippen LogP contribution in [0.1, 0.15) is 21.8 Å². The second-order valence-electron chi connectivity index (χ2n) is 5.06. The van der Waals surface area contributed by atoms with Crippen molar-refractivity contribution in [1.29, 1.82) is 0 Å². The molecule has 1 amide bonds. The monoisotopic (exact) mass is 282 g/mol. The van der Waals surface area contributed by atoms with Crippen LogP contribution in [-0.4, -0.2) is 25.8 Å². The number of primary amides is 1. The Labute approximate surface area is 124 Å². The predicted octanol–water partition coefficient (Wildman–Crippen LogP) is 2.20. The maximum Gasteiger partial charge on any atom is 0.232 e. The molecule has 4 heteroatoms. The van der Waals surface area contributed by atoms with Crippen LogP contribution in [0.5, 0.6) is 0 Å². The summed E-state index contributed by atoms with van der Waals surface area (Å²) in [6.07, 6.45) is 0. The lowest BCUT2D eigenvalue weighted by Gasteiger charge is -2.17. The van der Waals surface area contributed by atoms with Crippen LogP contribution in [0.2, 0.25) is 0 Å². The van der Waals surface area contributed by atoms with Gasteiger partial charge in [-0.15, -0.1) is 0 Å². The number of nitrogens with zero attached hydrogens (tertiary/aromatic N) is 1. The van der Waals surface area contributed by atoms with E-state index >= 15 is 0 Å². The fourth-order valence-electron chi connectivity index (χ4n) is 2.20. The maximum atomic E-state index is 12.6. The Morgan fingerprint density at radius 2 is 1.67 bits per heavy atom. The number of Topliss-reactive ketones (excluding diaryl/α,β-unsaturated/α-hetero) is 1. The summed E-state index contributed by atoms with van der Waals surface area (Å²) in [5.74, 6) is -1.88. The lowest BCUT2D eigenvalue weighted by Crippen LogP contribution is -2.28. The summed E-state index contributed by atoms with van der Waals surface area (Å²) in [5, 5.41) is 0. The predicted molar refractivity (Wildman–Crippen MR) is 83.5 cm³/mol. The van der Waals surface area contributed by atoms with Crippen molar-refractivity contribution in [2.75, 3.05) is 19.0 Å². The number of ketones is 1. The SMILES string of the molecule is CN(C)c1cccc(C(C(N)=O)C(=O)c2ccccc2)c1. The van der Waals surface area contributed by atoms with Crippen LogP contribution >= 0.6 is 0 Å². The van der Waals surface area contributed by atoms with Gasteiger partial charge >= 0.3 is 0 Å². The number of rotatable bonds is 5. The number of amides is 1. The third-order valence-electron chi connectivity index (χ3n) is 3.32. The van der Waals surface area contributed by atoms with Gasteiger partial charge in [0.15, 0.2) is 5.78 Å². The molecule has 2 aromatic carbocycles. The molecule has 1 atom stereocenters. The van der Waals surface area contributed by atoms with E-state index in [0.717, 1.165) is 5.69 Å². The van der Waals surface area contributed by atoms with Crippen LogP contribution in [0.25, 0.3) is 0 Å². The molecule has 2 rings (SSSR count). The molecule has 0 aliphatic rings. The molecule has 0 aromatic heterocycles. The fraction of sp³-hybridized carbons (Fsp3) is 0.176. The number of hydrogen-bond acceptors (Lipinski definition) is 3. The molecule has 0 aliphatic heterocycles. The number of nitrogens with two attached hydrogens (primary N) is 1. The van der Waals surface area contributed by atoms with E-state index in [9.17, 15) is 9.59 Å². The zero-order chi connectivity index (χ0) is 15.4. The molecule has 0 fully saturated rings. The van der Waals surface area contributed by atoms with E-state index in [1.807, 2.05) is 43.3 Å². The van der Waals surface area contributed by atoms with Gasteiger partial charge < -0.3 is 10.6 Å². The number of carbonyl (C=O) groups excluding carboxylic acids is 2. The first-order chi connectivity index (χ1) is 10.0. The maximum absolute atomic E-state index is 12.6. The summed E-state index contributed by atoms with van der Waals surface area (Å²) in [6, 6.07) is 16.0. The van der Waals surface area contributed by atoms with Crippen molar-refractivity contribution < 1.29 is 9.59 Å². The Balaban J connectivity index is 2.42. The molecule has 108 valence electrons. The first-order valence-corrected chi connectivity index (χ1v) is 6.66. The van der Waals surface area contributed by atoms with Crippen LogP contribution in [0.4, 0.5) is 5.69 Å². The van der Waals surface area contributed by atoms with E-state index in [2.05, 4.69) is 0 Å². The Bertz CT molecular complexity index is 651. The van der Waals surface area contributed by atoms with Crippen molar-refractivity contribution in [3.63, 3.8) is 0 Å². The van der Waals surface area contributed by atoms with Gasteiger partial charge in [0.2, 0.25) is 5.91 Å². The molecule has 2 N–H and O–H groups in total. The molecular weight excluding hydrogens is 264 g/mol. The van der Waals surface area contributed by atoms with Gasteiger partial charge in [0.25, 0.3) is 0 Å². The Morgan fingerprint density at radius 1 is 1.00 bits per heavy atom. The lowest BCUT2D eigenvalue weighted by molar-refractivity contribution is -0.118. The number of anilines is 1. The molecule has 0 bridgehead atoms. The standard InChI is InChI=1S/C17H18N2O2/c1-19(2)14-10-6-9-13(11-14)15(17(18)21)16(20)12-7-4-3-5-8-12/h3-11,15H,1-2H3,(H2,18,21). The van der Waals surface area contributed by atoms with E-state index in [1.165, 1.54) is 0 Å². The molecule has 2 aromatic rings.